The lowest BCUT2D eigenvalue weighted by molar-refractivity contribution is 0.617. The van der Waals surface area contributed by atoms with E-state index in [0.717, 1.165) is 16.7 Å². The lowest BCUT2D eigenvalue weighted by Crippen LogP contribution is -2.13. The molecule has 1 atom stereocenters. The molecule has 0 bridgehead atoms. The van der Waals surface area contributed by atoms with E-state index in [0.29, 0.717) is 6.42 Å². The Morgan fingerprint density at radius 1 is 1.41 bits per heavy atom. The van der Waals surface area contributed by atoms with Crippen LogP contribution in [0.25, 0.3) is 0 Å². The van der Waals surface area contributed by atoms with E-state index in [2.05, 4.69) is 5.10 Å². The van der Waals surface area contributed by atoms with Crippen molar-refractivity contribution in [3.63, 3.8) is 0 Å². The van der Waals surface area contributed by atoms with Crippen LogP contribution in [-0.2, 0) is 13.5 Å². The second kappa shape index (κ2) is 4.67. The van der Waals surface area contributed by atoms with Gasteiger partial charge in [-0.1, -0.05) is 6.07 Å². The molecule has 2 aromatic rings. The van der Waals surface area contributed by atoms with E-state index in [4.69, 9.17) is 5.73 Å². The highest BCUT2D eigenvalue weighted by Gasteiger charge is 2.10. The molecule has 0 radical (unpaired) electrons. The first kappa shape index (κ1) is 11.8. The summed E-state index contributed by atoms with van der Waals surface area (Å²) in [6, 6.07) is 4.71. The summed E-state index contributed by atoms with van der Waals surface area (Å²) in [7, 11) is 1.86. The Hall–Kier alpha value is -1.68. The highest BCUT2D eigenvalue weighted by molar-refractivity contribution is 5.27. The first-order chi connectivity index (χ1) is 8.04. The van der Waals surface area contributed by atoms with Crippen LogP contribution < -0.4 is 5.73 Å². The summed E-state index contributed by atoms with van der Waals surface area (Å²) in [5.41, 5.74) is 8.84. The maximum absolute atomic E-state index is 13.3. The Labute approximate surface area is 100 Å². The lowest BCUT2D eigenvalue weighted by Gasteiger charge is -2.11. The molecule has 0 aliphatic rings. The summed E-state index contributed by atoms with van der Waals surface area (Å²) in [6.45, 7) is 1.86. The molecular weight excluding hydrogens is 217 g/mol. The predicted octanol–water partition coefficient (Wildman–Crippen LogP) is 2.11. The third-order valence-electron chi connectivity index (χ3n) is 2.71. The topological polar surface area (TPSA) is 43.8 Å². The molecule has 17 heavy (non-hydrogen) atoms. The number of hydrogen-bond acceptors (Lipinski definition) is 2. The Morgan fingerprint density at radius 2 is 2.18 bits per heavy atom. The summed E-state index contributed by atoms with van der Waals surface area (Å²) in [4.78, 5) is 0. The van der Waals surface area contributed by atoms with Gasteiger partial charge in [-0.05, 0) is 42.2 Å². The number of aryl methyl sites for hydroxylation is 2. The van der Waals surface area contributed by atoms with Crippen molar-refractivity contribution >= 4 is 0 Å². The van der Waals surface area contributed by atoms with Crippen LogP contribution in [0.3, 0.4) is 0 Å². The zero-order valence-electron chi connectivity index (χ0n) is 10.0. The molecule has 1 unspecified atom stereocenters. The molecule has 0 saturated carbocycles. The van der Waals surface area contributed by atoms with Crippen molar-refractivity contribution < 1.29 is 4.39 Å². The van der Waals surface area contributed by atoms with Crippen LogP contribution in [0.15, 0.2) is 30.6 Å². The first-order valence-electron chi connectivity index (χ1n) is 5.55. The SMILES string of the molecule is Cc1cc(F)cc(C(N)Cc2cnn(C)c2)c1. The molecular formula is C13H16FN3. The Kier molecular flexibility index (Phi) is 3.24. The van der Waals surface area contributed by atoms with Crippen molar-refractivity contribution in [2.75, 3.05) is 0 Å². The molecule has 0 saturated heterocycles. The van der Waals surface area contributed by atoms with Crippen LogP contribution in [0.1, 0.15) is 22.7 Å². The molecule has 90 valence electrons. The van der Waals surface area contributed by atoms with E-state index in [1.807, 2.05) is 26.2 Å². The maximum Gasteiger partial charge on any atom is 0.123 e. The van der Waals surface area contributed by atoms with E-state index in [-0.39, 0.29) is 11.9 Å². The number of nitrogens with zero attached hydrogens (tertiary/aromatic N) is 2. The number of benzene rings is 1. The molecule has 0 aliphatic heterocycles. The summed E-state index contributed by atoms with van der Waals surface area (Å²) in [5.74, 6) is -0.235. The average molecular weight is 233 g/mol. The van der Waals surface area contributed by atoms with Crippen LogP contribution in [0.5, 0.6) is 0 Å². The van der Waals surface area contributed by atoms with Crippen molar-refractivity contribution in [3.8, 4) is 0 Å². The number of nitrogens with two attached hydrogens (primary N) is 1. The standard InChI is InChI=1S/C13H16FN3/c1-9-3-11(6-12(14)4-9)13(15)5-10-7-16-17(2)8-10/h3-4,6-8,13H,5,15H2,1-2H3. The zero-order chi connectivity index (χ0) is 12.4. The molecule has 3 nitrogen and oxygen atoms in total. The fraction of sp³-hybridized carbons (Fsp3) is 0.308. The van der Waals surface area contributed by atoms with Gasteiger partial charge in [0.15, 0.2) is 0 Å². The Morgan fingerprint density at radius 3 is 2.76 bits per heavy atom. The molecule has 1 aromatic carbocycles. The normalized spacial score (nSPS) is 12.7. The summed E-state index contributed by atoms with van der Waals surface area (Å²) in [5, 5.41) is 4.09. The Bertz CT molecular complexity index is 499. The molecule has 0 spiro atoms. The second-order valence-electron chi connectivity index (χ2n) is 4.39. The van der Waals surface area contributed by atoms with Gasteiger partial charge in [0.2, 0.25) is 0 Å². The molecule has 4 heteroatoms. The van der Waals surface area contributed by atoms with E-state index >= 15 is 0 Å². The molecule has 2 N–H and O–H groups in total. The largest absolute Gasteiger partial charge is 0.324 e. The van der Waals surface area contributed by atoms with Gasteiger partial charge >= 0.3 is 0 Å². The lowest BCUT2D eigenvalue weighted by atomic mass is 10.00. The van der Waals surface area contributed by atoms with Gasteiger partial charge in [0.05, 0.1) is 6.20 Å². The highest BCUT2D eigenvalue weighted by Crippen LogP contribution is 2.18. The van der Waals surface area contributed by atoms with E-state index in [1.54, 1.807) is 10.9 Å². The van der Waals surface area contributed by atoms with Gasteiger partial charge in [-0.25, -0.2) is 4.39 Å². The second-order valence-corrected chi connectivity index (χ2v) is 4.39. The van der Waals surface area contributed by atoms with Crippen molar-refractivity contribution in [1.29, 1.82) is 0 Å². The fourth-order valence-electron chi connectivity index (χ4n) is 1.93. The molecule has 0 amide bonds. The minimum Gasteiger partial charge on any atom is -0.324 e. The van der Waals surface area contributed by atoms with Gasteiger partial charge in [0.1, 0.15) is 5.82 Å². The highest BCUT2D eigenvalue weighted by atomic mass is 19.1. The minimum atomic E-state index is -0.235. The van der Waals surface area contributed by atoms with Gasteiger partial charge in [-0.15, -0.1) is 0 Å². The van der Waals surface area contributed by atoms with Crippen LogP contribution in [0.2, 0.25) is 0 Å². The van der Waals surface area contributed by atoms with Crippen LogP contribution >= 0.6 is 0 Å². The average Bonchev–Trinajstić information content (AvgIpc) is 2.62. The van der Waals surface area contributed by atoms with E-state index in [1.165, 1.54) is 12.1 Å². The van der Waals surface area contributed by atoms with E-state index in [9.17, 15) is 4.39 Å². The number of rotatable bonds is 3. The van der Waals surface area contributed by atoms with Crippen LogP contribution in [0, 0.1) is 12.7 Å². The Balaban J connectivity index is 2.16. The third kappa shape index (κ3) is 2.91. The van der Waals surface area contributed by atoms with Gasteiger partial charge in [0, 0.05) is 19.3 Å². The molecule has 1 aromatic heterocycles. The van der Waals surface area contributed by atoms with Gasteiger partial charge in [-0.3, -0.25) is 4.68 Å². The fourth-order valence-corrected chi connectivity index (χ4v) is 1.93. The van der Waals surface area contributed by atoms with Crippen molar-refractivity contribution in [2.24, 2.45) is 12.8 Å². The smallest absolute Gasteiger partial charge is 0.123 e. The summed E-state index contributed by atoms with van der Waals surface area (Å²) in [6.07, 6.45) is 4.37. The molecule has 0 fully saturated rings. The summed E-state index contributed by atoms with van der Waals surface area (Å²) >= 11 is 0. The minimum absolute atomic E-state index is 0.200. The summed E-state index contributed by atoms with van der Waals surface area (Å²) < 4.78 is 15.0. The molecule has 2 rings (SSSR count). The van der Waals surface area contributed by atoms with Crippen LogP contribution in [0.4, 0.5) is 4.39 Å². The predicted molar refractivity (Wildman–Crippen MR) is 65.0 cm³/mol. The first-order valence-corrected chi connectivity index (χ1v) is 5.55. The molecule has 1 heterocycles. The van der Waals surface area contributed by atoms with Crippen molar-refractivity contribution in [2.45, 2.75) is 19.4 Å². The quantitative estimate of drug-likeness (QED) is 0.882. The van der Waals surface area contributed by atoms with Crippen molar-refractivity contribution in [1.82, 2.24) is 9.78 Å². The zero-order valence-corrected chi connectivity index (χ0v) is 10.0. The van der Waals surface area contributed by atoms with Crippen molar-refractivity contribution in [3.05, 3.63) is 53.1 Å². The monoisotopic (exact) mass is 233 g/mol. The number of aromatic nitrogens is 2. The van der Waals surface area contributed by atoms with Gasteiger partial charge < -0.3 is 5.73 Å². The number of halogens is 1. The van der Waals surface area contributed by atoms with Gasteiger partial charge in [0.25, 0.3) is 0 Å². The number of hydrogen-bond donors (Lipinski definition) is 1. The van der Waals surface area contributed by atoms with Crippen LogP contribution in [-0.4, -0.2) is 9.78 Å². The van der Waals surface area contributed by atoms with Gasteiger partial charge in [-0.2, -0.15) is 5.10 Å². The molecule has 0 aliphatic carbocycles. The maximum atomic E-state index is 13.3. The van der Waals surface area contributed by atoms with E-state index < -0.39 is 0 Å². The third-order valence-corrected chi connectivity index (χ3v) is 2.71.